The zero-order valence-electron chi connectivity index (χ0n) is 11.8. The van der Waals surface area contributed by atoms with Gasteiger partial charge in [0.1, 0.15) is 0 Å². The maximum Gasteiger partial charge on any atom is 0.0546 e. The van der Waals surface area contributed by atoms with E-state index in [0.29, 0.717) is 0 Å². The van der Waals surface area contributed by atoms with Crippen molar-refractivity contribution in [3.8, 4) is 5.82 Å². The van der Waals surface area contributed by atoms with Gasteiger partial charge in [-0.15, -0.1) is 0 Å². The summed E-state index contributed by atoms with van der Waals surface area (Å²) < 4.78 is 2.14. The minimum absolute atomic E-state index is 0. The van der Waals surface area contributed by atoms with Gasteiger partial charge in [-0.2, -0.15) is 0 Å². The molecule has 0 saturated heterocycles. The number of aryl methyl sites for hydroxylation is 1. The maximum atomic E-state index is 4.80. The van der Waals surface area contributed by atoms with Crippen molar-refractivity contribution >= 4 is 21.9 Å². The van der Waals surface area contributed by atoms with E-state index in [0.717, 1.165) is 17.0 Å². The molecule has 0 aliphatic rings. The third-order valence-electron chi connectivity index (χ3n) is 3.97. The number of rotatable bonds is 1. The van der Waals surface area contributed by atoms with Crippen molar-refractivity contribution < 1.29 is 20.1 Å². The Kier molecular flexibility index (Phi) is 3.44. The van der Waals surface area contributed by atoms with Gasteiger partial charge in [0.2, 0.25) is 0 Å². The second kappa shape index (κ2) is 5.14. The molecule has 0 spiro atoms. The fourth-order valence-corrected chi connectivity index (χ4v) is 2.88. The first kappa shape index (κ1) is 14.1. The zero-order valence-corrected chi connectivity index (χ0v) is 14.2. The molecule has 3 heterocycles. The van der Waals surface area contributed by atoms with Crippen molar-refractivity contribution in [1.82, 2.24) is 14.5 Å². The predicted octanol–water partition coefficient (Wildman–Crippen LogP) is 3.75. The van der Waals surface area contributed by atoms with Gasteiger partial charge in [0.15, 0.2) is 0 Å². The molecular weight excluding hydrogens is 438 g/mol. The molecule has 0 saturated carbocycles. The van der Waals surface area contributed by atoms with E-state index < -0.39 is 0 Å². The molecule has 21 heavy (non-hydrogen) atoms. The van der Waals surface area contributed by atoms with Gasteiger partial charge in [-0.3, -0.25) is 4.98 Å². The number of aromatic nitrogens is 3. The summed E-state index contributed by atoms with van der Waals surface area (Å²) in [4.78, 5) is 9.26. The molecule has 0 aliphatic heterocycles. The third-order valence-corrected chi connectivity index (χ3v) is 3.97. The van der Waals surface area contributed by atoms with E-state index >= 15 is 0 Å². The van der Waals surface area contributed by atoms with Crippen LogP contribution in [0.1, 0.15) is 11.3 Å². The fourth-order valence-electron chi connectivity index (χ4n) is 2.88. The molecule has 0 aliphatic carbocycles. The monoisotopic (exact) mass is 453 g/mol. The van der Waals surface area contributed by atoms with Gasteiger partial charge >= 0.3 is 0 Å². The van der Waals surface area contributed by atoms with Crippen LogP contribution in [-0.2, 0) is 20.1 Å². The summed E-state index contributed by atoms with van der Waals surface area (Å²) in [7, 11) is 0. The molecule has 0 N–H and O–H groups in total. The fraction of sp³-hybridized carbons (Fsp3) is 0.118. The van der Waals surface area contributed by atoms with Crippen molar-refractivity contribution in [1.29, 1.82) is 0 Å². The minimum atomic E-state index is 0. The summed E-state index contributed by atoms with van der Waals surface area (Å²) >= 11 is 0. The van der Waals surface area contributed by atoms with Gasteiger partial charge in [-0.1, -0.05) is 36.0 Å². The van der Waals surface area contributed by atoms with Crippen LogP contribution in [0.4, 0.5) is 0 Å². The van der Waals surface area contributed by atoms with E-state index in [1.54, 1.807) is 0 Å². The number of fused-ring (bicyclic) bond motifs is 3. The number of hydrogen-bond acceptors (Lipinski definition) is 1. The van der Waals surface area contributed by atoms with Gasteiger partial charge in [0, 0.05) is 26.3 Å². The molecule has 0 atom stereocenters. The first-order valence-electron chi connectivity index (χ1n) is 6.72. The number of pyridine rings is 1. The Hall–Kier alpha value is -1.90. The molecular formula is C17H14IrN3-. The van der Waals surface area contributed by atoms with Gasteiger partial charge in [-0.25, -0.2) is 0 Å². The Balaban J connectivity index is 0.00000132. The second-order valence-electron chi connectivity index (χ2n) is 5.06. The molecule has 4 rings (SSSR count). The van der Waals surface area contributed by atoms with Crippen molar-refractivity contribution in [2.24, 2.45) is 0 Å². The van der Waals surface area contributed by atoms with Crippen LogP contribution >= 0.6 is 0 Å². The van der Waals surface area contributed by atoms with Crippen LogP contribution in [-0.4, -0.2) is 9.55 Å². The molecule has 0 bridgehead atoms. The van der Waals surface area contributed by atoms with Crippen molar-refractivity contribution in [2.75, 3.05) is 0 Å². The standard InChI is InChI=1S/C17H14N3.Ir/c1-11-12(2)20(15-9-5-6-10-18-15)17-16(11)13-7-3-4-8-14(13)19-17;/h3-10H,1-2H3;/q-1;. The van der Waals surface area contributed by atoms with Gasteiger partial charge < -0.3 is 9.55 Å². The van der Waals surface area contributed by atoms with Gasteiger partial charge in [0.25, 0.3) is 0 Å². The molecule has 1 radical (unpaired) electrons. The van der Waals surface area contributed by atoms with Crippen LogP contribution in [0.3, 0.4) is 0 Å². The van der Waals surface area contributed by atoms with Crippen molar-refractivity contribution in [3.63, 3.8) is 0 Å². The Bertz CT molecular complexity index is 919. The van der Waals surface area contributed by atoms with Crippen LogP contribution in [0.2, 0.25) is 0 Å². The summed E-state index contributed by atoms with van der Waals surface area (Å²) in [5.74, 6) is 0.922. The molecule has 4 aromatic rings. The Morgan fingerprint density at radius 2 is 1.76 bits per heavy atom. The van der Waals surface area contributed by atoms with Crippen LogP contribution in [0.5, 0.6) is 0 Å². The summed E-state index contributed by atoms with van der Waals surface area (Å²) in [6.45, 7) is 4.28. The third kappa shape index (κ3) is 1.95. The quantitative estimate of drug-likeness (QED) is 0.441. The van der Waals surface area contributed by atoms with Gasteiger partial charge in [0.05, 0.1) is 5.82 Å². The average molecular weight is 453 g/mol. The molecule has 3 nitrogen and oxygen atoms in total. The SMILES string of the molecule is Cc1c(C)n(-c2ccccn2)c2[n-]c3ccccc3c12.[Ir]. The summed E-state index contributed by atoms with van der Waals surface area (Å²) in [5.41, 5.74) is 4.52. The zero-order chi connectivity index (χ0) is 13.7. The molecule has 0 unspecified atom stereocenters. The van der Waals surface area contributed by atoms with Crippen LogP contribution < -0.4 is 4.98 Å². The molecule has 3 aromatic heterocycles. The van der Waals surface area contributed by atoms with E-state index in [9.17, 15) is 0 Å². The summed E-state index contributed by atoms with van der Waals surface area (Å²) in [6.07, 6.45) is 1.82. The Labute approximate surface area is 136 Å². The largest absolute Gasteiger partial charge is 0.435 e. The molecule has 4 heteroatoms. The van der Waals surface area contributed by atoms with Crippen LogP contribution in [0.15, 0.2) is 48.7 Å². The normalized spacial score (nSPS) is 11.0. The summed E-state index contributed by atoms with van der Waals surface area (Å²) in [5, 5.41) is 2.46. The van der Waals surface area contributed by atoms with E-state index in [1.807, 2.05) is 30.5 Å². The van der Waals surface area contributed by atoms with Crippen LogP contribution in [0, 0.1) is 13.8 Å². The van der Waals surface area contributed by atoms with E-state index in [1.165, 1.54) is 22.0 Å². The molecule has 0 amide bonds. The number of para-hydroxylation sites is 1. The van der Waals surface area contributed by atoms with Crippen molar-refractivity contribution in [2.45, 2.75) is 13.8 Å². The topological polar surface area (TPSA) is 31.9 Å². The summed E-state index contributed by atoms with van der Waals surface area (Å²) in [6, 6.07) is 14.3. The Morgan fingerprint density at radius 3 is 2.52 bits per heavy atom. The predicted molar refractivity (Wildman–Crippen MR) is 81.4 cm³/mol. The molecule has 0 fully saturated rings. The second-order valence-corrected chi connectivity index (χ2v) is 5.06. The molecule has 107 valence electrons. The van der Waals surface area contributed by atoms with E-state index in [-0.39, 0.29) is 20.1 Å². The number of hydrogen-bond donors (Lipinski definition) is 0. The first-order valence-corrected chi connectivity index (χ1v) is 6.72. The minimum Gasteiger partial charge on any atom is -0.435 e. The van der Waals surface area contributed by atoms with Crippen LogP contribution in [0.25, 0.3) is 27.8 Å². The first-order chi connectivity index (χ1) is 9.77. The van der Waals surface area contributed by atoms with E-state index in [4.69, 9.17) is 4.98 Å². The Morgan fingerprint density at radius 1 is 1.00 bits per heavy atom. The smallest absolute Gasteiger partial charge is 0.0546 e. The van der Waals surface area contributed by atoms with Crippen molar-refractivity contribution in [3.05, 3.63) is 59.9 Å². The number of nitrogens with zero attached hydrogens (tertiary/aromatic N) is 3. The van der Waals surface area contributed by atoms with Gasteiger partial charge in [-0.05, 0) is 53.5 Å². The van der Waals surface area contributed by atoms with E-state index in [2.05, 4.69) is 41.6 Å². The average Bonchev–Trinajstić information content (AvgIpc) is 2.96. The molecule has 1 aromatic carbocycles. The number of benzene rings is 1. The maximum absolute atomic E-state index is 4.80.